The zero-order valence-electron chi connectivity index (χ0n) is 16.9. The van der Waals surface area contributed by atoms with Crippen LogP contribution in [0.2, 0.25) is 0 Å². The van der Waals surface area contributed by atoms with E-state index in [2.05, 4.69) is 5.32 Å². The van der Waals surface area contributed by atoms with Gasteiger partial charge in [-0.3, -0.25) is 14.2 Å². The van der Waals surface area contributed by atoms with E-state index >= 15 is 0 Å². The number of hydrogen-bond acceptors (Lipinski definition) is 5. The van der Waals surface area contributed by atoms with Crippen LogP contribution in [0.25, 0.3) is 10.2 Å². The van der Waals surface area contributed by atoms with Crippen LogP contribution < -0.4 is 10.9 Å². The van der Waals surface area contributed by atoms with Crippen LogP contribution in [0.3, 0.4) is 0 Å². The molecule has 5 nitrogen and oxygen atoms in total. The largest absolute Gasteiger partial charge is 0.325 e. The van der Waals surface area contributed by atoms with E-state index in [-0.39, 0.29) is 23.3 Å². The van der Waals surface area contributed by atoms with Crippen LogP contribution in [0.5, 0.6) is 0 Å². The number of aryl methyl sites for hydroxylation is 3. The van der Waals surface area contributed by atoms with E-state index in [9.17, 15) is 9.59 Å². The van der Waals surface area contributed by atoms with Crippen molar-refractivity contribution >= 4 is 44.9 Å². The number of rotatable bonds is 5. The van der Waals surface area contributed by atoms with Crippen LogP contribution in [0.1, 0.15) is 47.7 Å². The highest BCUT2D eigenvalue weighted by Gasteiger charge is 2.25. The van der Waals surface area contributed by atoms with E-state index in [0.717, 1.165) is 57.6 Å². The molecule has 0 aliphatic heterocycles. The van der Waals surface area contributed by atoms with Gasteiger partial charge in [0.25, 0.3) is 5.56 Å². The summed E-state index contributed by atoms with van der Waals surface area (Å²) in [6.45, 7) is 6.04. The molecule has 1 amide bonds. The fourth-order valence-corrected chi connectivity index (χ4v) is 5.77. The third-order valence-corrected chi connectivity index (χ3v) is 7.61. The minimum atomic E-state index is -0.0929. The second-order valence-electron chi connectivity index (χ2n) is 7.67. The molecule has 1 aliphatic rings. The molecule has 29 heavy (non-hydrogen) atoms. The Morgan fingerprint density at radius 1 is 1.21 bits per heavy atom. The zero-order valence-corrected chi connectivity index (χ0v) is 18.6. The van der Waals surface area contributed by atoms with E-state index in [1.807, 2.05) is 49.6 Å². The molecule has 1 N–H and O–H groups in total. The summed E-state index contributed by atoms with van der Waals surface area (Å²) in [6.07, 6.45) is 4.26. The number of nitrogens with zero attached hydrogens (tertiary/aromatic N) is 2. The van der Waals surface area contributed by atoms with Gasteiger partial charge in [0.15, 0.2) is 5.16 Å². The molecule has 0 saturated heterocycles. The van der Waals surface area contributed by atoms with Crippen LogP contribution in [-0.4, -0.2) is 21.2 Å². The number of hydrogen-bond donors (Lipinski definition) is 1. The van der Waals surface area contributed by atoms with Crippen LogP contribution in [0.4, 0.5) is 5.69 Å². The molecular weight excluding hydrogens is 402 g/mol. The first kappa shape index (κ1) is 20.2. The van der Waals surface area contributed by atoms with Crippen molar-refractivity contribution in [1.82, 2.24) is 9.55 Å². The van der Waals surface area contributed by atoms with Gasteiger partial charge in [0.2, 0.25) is 5.91 Å². The summed E-state index contributed by atoms with van der Waals surface area (Å²) in [7, 11) is 0. The predicted molar refractivity (Wildman–Crippen MR) is 121 cm³/mol. The summed E-state index contributed by atoms with van der Waals surface area (Å²) in [5, 5.41) is 4.33. The quantitative estimate of drug-likeness (QED) is 0.447. The summed E-state index contributed by atoms with van der Waals surface area (Å²) in [6, 6.07) is 7.91. The summed E-state index contributed by atoms with van der Waals surface area (Å²) >= 11 is 2.91. The van der Waals surface area contributed by atoms with Gasteiger partial charge in [0.05, 0.1) is 11.1 Å². The number of amides is 1. The van der Waals surface area contributed by atoms with Crippen LogP contribution in [0.15, 0.2) is 34.2 Å². The van der Waals surface area contributed by atoms with Crippen LogP contribution >= 0.6 is 23.1 Å². The molecule has 1 aromatic carbocycles. The van der Waals surface area contributed by atoms with Gasteiger partial charge in [-0.25, -0.2) is 4.98 Å². The Hall–Kier alpha value is -2.12. The number of nitrogens with one attached hydrogen (secondary N) is 1. The van der Waals surface area contributed by atoms with E-state index in [0.29, 0.717) is 5.16 Å². The summed E-state index contributed by atoms with van der Waals surface area (Å²) in [5.74, 6) is 0.131. The van der Waals surface area contributed by atoms with Crippen LogP contribution in [-0.2, 0) is 4.79 Å². The first-order valence-electron chi connectivity index (χ1n) is 9.95. The molecule has 2 heterocycles. The van der Waals surface area contributed by atoms with Crippen molar-refractivity contribution < 1.29 is 4.79 Å². The molecule has 152 valence electrons. The van der Waals surface area contributed by atoms with Crippen LogP contribution in [0, 0.1) is 20.8 Å². The molecule has 0 bridgehead atoms. The van der Waals surface area contributed by atoms with Crippen molar-refractivity contribution in [3.05, 3.63) is 50.6 Å². The van der Waals surface area contributed by atoms with Crippen molar-refractivity contribution in [2.45, 2.75) is 57.7 Å². The lowest BCUT2D eigenvalue weighted by Crippen LogP contribution is -2.27. The third kappa shape index (κ3) is 4.12. The maximum Gasteiger partial charge on any atom is 0.263 e. The van der Waals surface area contributed by atoms with Crippen molar-refractivity contribution in [1.29, 1.82) is 0 Å². The number of thiophene rings is 1. The first-order chi connectivity index (χ1) is 13.9. The average Bonchev–Trinajstić information content (AvgIpc) is 3.31. The molecule has 0 spiro atoms. The summed E-state index contributed by atoms with van der Waals surface area (Å²) in [5.41, 5.74) is 3.01. The highest BCUT2D eigenvalue weighted by atomic mass is 32.2. The normalized spacial score (nSPS) is 14.6. The zero-order chi connectivity index (χ0) is 20.5. The van der Waals surface area contributed by atoms with Gasteiger partial charge >= 0.3 is 0 Å². The first-order valence-corrected chi connectivity index (χ1v) is 11.8. The van der Waals surface area contributed by atoms with Crippen molar-refractivity contribution in [3.63, 3.8) is 0 Å². The molecule has 4 rings (SSSR count). The van der Waals surface area contributed by atoms with Gasteiger partial charge in [-0.05, 0) is 51.3 Å². The lowest BCUT2D eigenvalue weighted by Gasteiger charge is -2.18. The molecule has 1 fully saturated rings. The maximum atomic E-state index is 13.4. The summed E-state index contributed by atoms with van der Waals surface area (Å²) in [4.78, 5) is 32.5. The number of fused-ring (bicyclic) bond motifs is 1. The number of thioether (sulfide) groups is 1. The Morgan fingerprint density at radius 3 is 2.59 bits per heavy atom. The van der Waals surface area contributed by atoms with Gasteiger partial charge in [-0.1, -0.05) is 42.3 Å². The molecule has 0 atom stereocenters. The lowest BCUT2D eigenvalue weighted by molar-refractivity contribution is -0.113. The maximum absolute atomic E-state index is 13.4. The van der Waals surface area contributed by atoms with Gasteiger partial charge in [0.1, 0.15) is 4.83 Å². The Morgan fingerprint density at radius 2 is 1.90 bits per heavy atom. The van der Waals surface area contributed by atoms with Gasteiger partial charge in [0, 0.05) is 16.6 Å². The molecular formula is C22H25N3O2S2. The van der Waals surface area contributed by atoms with E-state index < -0.39 is 0 Å². The molecule has 2 aromatic heterocycles. The SMILES string of the molecule is Cc1ccc(NC(=O)CSc2nc3sc(C)c(C)c3c(=O)n2C2CCCC2)cc1. The number of carbonyl (C=O) groups excluding carboxylic acids is 1. The number of anilines is 1. The fourth-order valence-electron chi connectivity index (χ4n) is 3.84. The lowest BCUT2D eigenvalue weighted by atomic mass is 10.2. The fraction of sp³-hybridized carbons (Fsp3) is 0.409. The monoisotopic (exact) mass is 427 g/mol. The second kappa shape index (κ2) is 8.32. The van der Waals surface area contributed by atoms with Gasteiger partial charge < -0.3 is 5.32 Å². The van der Waals surface area contributed by atoms with E-state index in [1.54, 1.807) is 11.3 Å². The Balaban J connectivity index is 1.61. The highest BCUT2D eigenvalue weighted by molar-refractivity contribution is 7.99. The molecule has 7 heteroatoms. The minimum absolute atomic E-state index is 0.0465. The van der Waals surface area contributed by atoms with Gasteiger partial charge in [-0.15, -0.1) is 11.3 Å². The number of benzene rings is 1. The number of carbonyl (C=O) groups is 1. The Labute approximate surface area is 178 Å². The van der Waals surface area contributed by atoms with E-state index in [4.69, 9.17) is 4.98 Å². The average molecular weight is 428 g/mol. The molecule has 3 aromatic rings. The highest BCUT2D eigenvalue weighted by Crippen LogP contribution is 2.34. The molecule has 0 unspecified atom stereocenters. The van der Waals surface area contributed by atoms with Crippen molar-refractivity contribution in [2.24, 2.45) is 0 Å². The van der Waals surface area contributed by atoms with Crippen molar-refractivity contribution in [3.8, 4) is 0 Å². The third-order valence-electron chi connectivity index (χ3n) is 5.56. The summed E-state index contributed by atoms with van der Waals surface area (Å²) < 4.78 is 1.86. The standard InChI is InChI=1S/C22H25N3O2S2/c1-13-8-10-16(11-9-13)23-18(26)12-28-22-24-20-19(14(2)15(3)29-20)21(27)25(22)17-6-4-5-7-17/h8-11,17H,4-7,12H2,1-3H3,(H,23,26). The molecule has 1 saturated carbocycles. The molecule has 0 radical (unpaired) electrons. The number of aromatic nitrogens is 2. The topological polar surface area (TPSA) is 64.0 Å². The predicted octanol–water partition coefficient (Wildman–Crippen LogP) is 5.23. The molecule has 1 aliphatic carbocycles. The minimum Gasteiger partial charge on any atom is -0.325 e. The Kier molecular flexibility index (Phi) is 5.79. The van der Waals surface area contributed by atoms with Gasteiger partial charge in [-0.2, -0.15) is 0 Å². The Bertz CT molecular complexity index is 1110. The smallest absolute Gasteiger partial charge is 0.263 e. The second-order valence-corrected chi connectivity index (χ2v) is 9.82. The van der Waals surface area contributed by atoms with Crippen molar-refractivity contribution in [2.75, 3.05) is 11.1 Å². The van der Waals surface area contributed by atoms with E-state index in [1.165, 1.54) is 11.8 Å².